The Morgan fingerprint density at radius 3 is 2.53 bits per heavy atom. The Morgan fingerprint density at radius 1 is 1.32 bits per heavy atom. The molecule has 0 amide bonds. The van der Waals surface area contributed by atoms with Crippen LogP contribution in [0.5, 0.6) is 0 Å². The van der Waals surface area contributed by atoms with Crippen molar-refractivity contribution in [1.29, 1.82) is 0 Å². The number of benzene rings is 1. The molecule has 1 aromatic rings. The Hall–Kier alpha value is -2.15. The van der Waals surface area contributed by atoms with Crippen LogP contribution >= 0.6 is 0 Å². The van der Waals surface area contributed by atoms with Crippen LogP contribution in [-0.4, -0.2) is 21.5 Å². The van der Waals surface area contributed by atoms with Crippen molar-refractivity contribution >= 4 is 11.5 Å². The van der Waals surface area contributed by atoms with Gasteiger partial charge in [-0.05, 0) is 25.0 Å². The van der Waals surface area contributed by atoms with Gasteiger partial charge in [-0.1, -0.05) is 5.16 Å². The predicted molar refractivity (Wildman–Crippen MR) is 67.9 cm³/mol. The molecule has 1 saturated carbocycles. The number of hydrazine groups is 1. The molecule has 19 heavy (non-hydrogen) atoms. The highest BCUT2D eigenvalue weighted by Crippen LogP contribution is 2.39. The third-order valence-corrected chi connectivity index (χ3v) is 3.69. The predicted octanol–water partition coefficient (Wildman–Crippen LogP) is 1.73. The molecule has 1 spiro atoms. The molecule has 1 fully saturated rings. The second-order valence-electron chi connectivity index (χ2n) is 4.83. The molecule has 100 valence electrons. The van der Waals surface area contributed by atoms with Gasteiger partial charge >= 0.3 is 0 Å². The average molecular weight is 262 g/mol. The maximum Gasteiger partial charge on any atom is 0.269 e. The van der Waals surface area contributed by atoms with Crippen LogP contribution in [0.3, 0.4) is 0 Å². The Labute approximate surface area is 109 Å². The third-order valence-electron chi connectivity index (χ3n) is 3.69. The minimum atomic E-state index is -0.517. The summed E-state index contributed by atoms with van der Waals surface area (Å²) in [6.45, 7) is 0. The molecule has 2 aliphatic rings. The maximum absolute atomic E-state index is 10.6. The standard InChI is InChI=1S/C12H14N4O3/c13-15-11(14-19-12(15)7-1-2-8-12)9-3-5-10(6-4-9)16(17)18/h3-6H,1-2,7-8,13H2. The number of non-ortho nitro benzene ring substituents is 1. The lowest BCUT2D eigenvalue weighted by Gasteiger charge is -2.29. The molecule has 0 atom stereocenters. The highest BCUT2D eigenvalue weighted by molar-refractivity contribution is 5.99. The monoisotopic (exact) mass is 262 g/mol. The number of hydrogen-bond donors (Lipinski definition) is 1. The molecule has 2 N–H and O–H groups in total. The van der Waals surface area contributed by atoms with E-state index in [9.17, 15) is 10.1 Å². The van der Waals surface area contributed by atoms with Gasteiger partial charge < -0.3 is 4.84 Å². The normalized spacial score (nSPS) is 20.5. The van der Waals surface area contributed by atoms with Gasteiger partial charge in [0, 0.05) is 30.5 Å². The largest absolute Gasteiger partial charge is 0.364 e. The second-order valence-corrected chi connectivity index (χ2v) is 4.83. The average Bonchev–Trinajstić information content (AvgIpc) is 3.00. The molecular formula is C12H14N4O3. The zero-order valence-corrected chi connectivity index (χ0v) is 10.3. The molecule has 7 heteroatoms. The summed E-state index contributed by atoms with van der Waals surface area (Å²) < 4.78 is 0. The van der Waals surface area contributed by atoms with Gasteiger partial charge in [0.25, 0.3) is 5.69 Å². The zero-order valence-electron chi connectivity index (χ0n) is 10.3. The fourth-order valence-electron chi connectivity index (χ4n) is 2.59. The lowest BCUT2D eigenvalue weighted by Crippen LogP contribution is -2.51. The Bertz CT molecular complexity index is 534. The van der Waals surface area contributed by atoms with Crippen molar-refractivity contribution < 1.29 is 9.76 Å². The first-order chi connectivity index (χ1) is 9.12. The summed E-state index contributed by atoms with van der Waals surface area (Å²) in [5.41, 5.74) is 0.246. The van der Waals surface area contributed by atoms with Crippen molar-refractivity contribution in [3.8, 4) is 0 Å². The van der Waals surface area contributed by atoms with Crippen LogP contribution in [0.2, 0.25) is 0 Å². The summed E-state index contributed by atoms with van der Waals surface area (Å²) in [7, 11) is 0. The number of nitrogens with two attached hydrogens (primary N) is 1. The molecule has 7 nitrogen and oxygen atoms in total. The highest BCUT2D eigenvalue weighted by atomic mass is 16.7. The van der Waals surface area contributed by atoms with Crippen LogP contribution < -0.4 is 5.84 Å². The summed E-state index contributed by atoms with van der Waals surface area (Å²) in [6, 6.07) is 6.14. The van der Waals surface area contributed by atoms with Gasteiger partial charge in [0.15, 0.2) is 5.84 Å². The van der Waals surface area contributed by atoms with E-state index in [2.05, 4.69) is 5.16 Å². The topological polar surface area (TPSA) is 94.0 Å². The summed E-state index contributed by atoms with van der Waals surface area (Å²) in [6.07, 6.45) is 3.83. The Kier molecular flexibility index (Phi) is 2.63. The molecule has 0 radical (unpaired) electrons. The molecule has 0 unspecified atom stereocenters. The molecule has 1 aliphatic carbocycles. The van der Waals surface area contributed by atoms with Crippen LogP contribution in [0.15, 0.2) is 29.4 Å². The minimum Gasteiger partial charge on any atom is -0.364 e. The summed E-state index contributed by atoms with van der Waals surface area (Å²) in [4.78, 5) is 15.7. The van der Waals surface area contributed by atoms with Crippen LogP contribution in [-0.2, 0) is 4.84 Å². The fraction of sp³-hybridized carbons (Fsp3) is 0.417. The van der Waals surface area contributed by atoms with E-state index in [1.165, 1.54) is 12.1 Å². The first-order valence-corrected chi connectivity index (χ1v) is 6.18. The number of oxime groups is 1. The molecule has 0 saturated heterocycles. The van der Waals surface area contributed by atoms with Crippen molar-refractivity contribution in [2.75, 3.05) is 0 Å². The number of nitro benzene ring substituents is 1. The zero-order chi connectivity index (χ0) is 13.5. The summed E-state index contributed by atoms with van der Waals surface area (Å²) in [5.74, 6) is 6.62. The number of nitrogens with zero attached hydrogens (tertiary/aromatic N) is 3. The van der Waals surface area contributed by atoms with Crippen molar-refractivity contribution in [2.45, 2.75) is 31.4 Å². The molecule has 1 aromatic carbocycles. The molecular weight excluding hydrogens is 248 g/mol. The van der Waals surface area contributed by atoms with Crippen LogP contribution in [0.25, 0.3) is 0 Å². The van der Waals surface area contributed by atoms with E-state index in [4.69, 9.17) is 10.7 Å². The van der Waals surface area contributed by atoms with Crippen molar-refractivity contribution in [3.05, 3.63) is 39.9 Å². The van der Waals surface area contributed by atoms with E-state index >= 15 is 0 Å². The number of amidine groups is 1. The van der Waals surface area contributed by atoms with E-state index in [1.54, 1.807) is 17.1 Å². The molecule has 1 heterocycles. The summed E-state index contributed by atoms with van der Waals surface area (Å²) in [5, 5.41) is 16.2. The van der Waals surface area contributed by atoms with Crippen LogP contribution in [0.1, 0.15) is 31.2 Å². The van der Waals surface area contributed by atoms with Crippen molar-refractivity contribution in [1.82, 2.24) is 5.01 Å². The Balaban J connectivity index is 1.85. The van der Waals surface area contributed by atoms with Gasteiger partial charge in [-0.25, -0.2) is 10.9 Å². The van der Waals surface area contributed by atoms with Crippen molar-refractivity contribution in [3.63, 3.8) is 0 Å². The van der Waals surface area contributed by atoms with Gasteiger partial charge in [-0.15, -0.1) is 0 Å². The molecule has 0 aromatic heterocycles. The minimum absolute atomic E-state index is 0.0439. The van der Waals surface area contributed by atoms with Crippen LogP contribution in [0, 0.1) is 10.1 Å². The van der Waals surface area contributed by atoms with Gasteiger partial charge in [0.1, 0.15) is 0 Å². The Morgan fingerprint density at radius 2 is 1.95 bits per heavy atom. The smallest absolute Gasteiger partial charge is 0.269 e. The SMILES string of the molecule is NN1C(c2ccc([N+](=O)[O-])cc2)=NOC12CCCC2. The quantitative estimate of drug-likeness (QED) is 0.497. The van der Waals surface area contributed by atoms with Gasteiger partial charge in [-0.3, -0.25) is 10.1 Å². The first kappa shape index (κ1) is 11.9. The molecule has 0 bridgehead atoms. The van der Waals surface area contributed by atoms with Crippen LogP contribution in [0.4, 0.5) is 5.69 Å². The van der Waals surface area contributed by atoms with E-state index in [0.717, 1.165) is 31.2 Å². The highest BCUT2D eigenvalue weighted by Gasteiger charge is 2.47. The fourth-order valence-corrected chi connectivity index (χ4v) is 2.59. The number of rotatable bonds is 2. The first-order valence-electron chi connectivity index (χ1n) is 6.18. The van der Waals surface area contributed by atoms with Gasteiger partial charge in [0.05, 0.1) is 4.92 Å². The summed E-state index contributed by atoms with van der Waals surface area (Å²) >= 11 is 0. The van der Waals surface area contributed by atoms with E-state index in [1.807, 2.05) is 0 Å². The number of nitro groups is 1. The number of hydrogen-bond acceptors (Lipinski definition) is 6. The van der Waals surface area contributed by atoms with Gasteiger partial charge in [0.2, 0.25) is 5.72 Å². The lowest BCUT2D eigenvalue weighted by atomic mass is 10.1. The van der Waals surface area contributed by atoms with E-state index < -0.39 is 10.6 Å². The maximum atomic E-state index is 10.6. The van der Waals surface area contributed by atoms with E-state index in [0.29, 0.717) is 5.84 Å². The lowest BCUT2D eigenvalue weighted by molar-refractivity contribution is -0.384. The molecule has 3 rings (SSSR count). The van der Waals surface area contributed by atoms with E-state index in [-0.39, 0.29) is 5.69 Å². The van der Waals surface area contributed by atoms with Gasteiger partial charge in [-0.2, -0.15) is 0 Å². The second kappa shape index (κ2) is 4.20. The van der Waals surface area contributed by atoms with Crippen molar-refractivity contribution in [2.24, 2.45) is 11.0 Å². The third kappa shape index (κ3) is 1.82. The molecule has 1 aliphatic heterocycles.